The van der Waals surface area contributed by atoms with E-state index < -0.39 is 6.10 Å². The van der Waals surface area contributed by atoms with Crippen molar-refractivity contribution in [1.82, 2.24) is 4.90 Å². The highest BCUT2D eigenvalue weighted by Gasteiger charge is 2.15. The molecule has 0 radical (unpaired) electrons. The van der Waals surface area contributed by atoms with E-state index in [1.54, 1.807) is 0 Å². The highest BCUT2D eigenvalue weighted by atomic mass is 16.3. The van der Waals surface area contributed by atoms with Crippen molar-refractivity contribution in [3.8, 4) is 0 Å². The van der Waals surface area contributed by atoms with Gasteiger partial charge in [0.15, 0.2) is 0 Å². The molecule has 0 spiro atoms. The Morgan fingerprint density at radius 2 is 1.53 bits per heavy atom. The lowest BCUT2D eigenvalue weighted by molar-refractivity contribution is 0.0955. The van der Waals surface area contributed by atoms with Crippen LogP contribution in [0, 0.1) is 0 Å². The minimum atomic E-state index is -0.393. The monoisotopic (exact) mass is 263 g/mol. The maximum Gasteiger partial charge on any atom is 0.0917 e. The summed E-state index contributed by atoms with van der Waals surface area (Å²) in [6, 6.07) is 8.85. The fraction of sp³-hybridized carbons (Fsp3) is 0.647. The molecule has 2 nitrogen and oxygen atoms in total. The summed E-state index contributed by atoms with van der Waals surface area (Å²) in [6.07, 6.45) is 0.729. The first-order valence-electron chi connectivity index (χ1n) is 7.47. The van der Waals surface area contributed by atoms with Gasteiger partial charge in [-0.2, -0.15) is 0 Å². The average Bonchev–Trinajstić information content (AvgIpc) is 2.38. The molecular formula is C17H29NO. The third-order valence-corrected chi connectivity index (χ3v) is 3.64. The standard InChI is InChI=1S/C17H29NO/c1-6-11-18(14(4)5)12-17(19)16-9-7-15(8-10-16)13(2)3/h7-10,13-14,17,19H,6,11-12H2,1-5H3. The van der Waals surface area contributed by atoms with Crippen molar-refractivity contribution < 1.29 is 5.11 Å². The molecule has 0 aliphatic heterocycles. The minimum Gasteiger partial charge on any atom is -0.387 e. The van der Waals surface area contributed by atoms with E-state index >= 15 is 0 Å². The number of nitrogens with zero attached hydrogens (tertiary/aromatic N) is 1. The summed E-state index contributed by atoms with van der Waals surface area (Å²) < 4.78 is 0. The zero-order valence-electron chi connectivity index (χ0n) is 13.1. The molecule has 0 heterocycles. The lowest BCUT2D eigenvalue weighted by atomic mass is 10.00. The van der Waals surface area contributed by atoms with E-state index in [4.69, 9.17) is 0 Å². The maximum absolute atomic E-state index is 10.4. The van der Waals surface area contributed by atoms with Gasteiger partial charge in [0.1, 0.15) is 0 Å². The fourth-order valence-corrected chi connectivity index (χ4v) is 2.28. The van der Waals surface area contributed by atoms with Crippen LogP contribution < -0.4 is 0 Å². The number of benzene rings is 1. The summed E-state index contributed by atoms with van der Waals surface area (Å²) in [4.78, 5) is 2.33. The first-order chi connectivity index (χ1) is 8.95. The lowest BCUT2D eigenvalue weighted by Crippen LogP contribution is -2.35. The Balaban J connectivity index is 2.68. The van der Waals surface area contributed by atoms with E-state index in [0.717, 1.165) is 18.5 Å². The third-order valence-electron chi connectivity index (χ3n) is 3.64. The molecule has 0 bridgehead atoms. The summed E-state index contributed by atoms with van der Waals surface area (Å²) in [7, 11) is 0. The van der Waals surface area contributed by atoms with Crippen LogP contribution in [-0.4, -0.2) is 29.1 Å². The van der Waals surface area contributed by atoms with Gasteiger partial charge in [0, 0.05) is 12.6 Å². The SMILES string of the molecule is CCCN(CC(O)c1ccc(C(C)C)cc1)C(C)C. The van der Waals surface area contributed by atoms with E-state index in [9.17, 15) is 5.11 Å². The highest BCUT2D eigenvalue weighted by molar-refractivity contribution is 5.26. The molecule has 0 aliphatic rings. The van der Waals surface area contributed by atoms with Crippen molar-refractivity contribution in [2.45, 2.75) is 59.1 Å². The summed E-state index contributed by atoms with van der Waals surface area (Å²) in [5.41, 5.74) is 2.34. The van der Waals surface area contributed by atoms with Crippen molar-refractivity contribution in [1.29, 1.82) is 0 Å². The van der Waals surface area contributed by atoms with Crippen LogP contribution in [0.4, 0.5) is 0 Å². The molecule has 1 aromatic carbocycles. The van der Waals surface area contributed by atoms with Crippen LogP contribution in [0.15, 0.2) is 24.3 Å². The normalized spacial score (nSPS) is 13.5. The van der Waals surface area contributed by atoms with Gasteiger partial charge in [-0.3, -0.25) is 4.90 Å². The Morgan fingerprint density at radius 3 is 1.95 bits per heavy atom. The van der Waals surface area contributed by atoms with Crippen molar-refractivity contribution >= 4 is 0 Å². The molecule has 0 saturated carbocycles. The molecule has 1 unspecified atom stereocenters. The van der Waals surface area contributed by atoms with E-state index in [2.05, 4.69) is 63.8 Å². The van der Waals surface area contributed by atoms with Gasteiger partial charge in [0.05, 0.1) is 6.10 Å². The van der Waals surface area contributed by atoms with Crippen LogP contribution in [-0.2, 0) is 0 Å². The molecule has 1 aromatic rings. The Kier molecular flexibility index (Phi) is 6.53. The van der Waals surface area contributed by atoms with E-state index in [0.29, 0.717) is 18.5 Å². The lowest BCUT2D eigenvalue weighted by Gasteiger charge is -2.28. The summed E-state index contributed by atoms with van der Waals surface area (Å²) >= 11 is 0. The van der Waals surface area contributed by atoms with Crippen molar-refractivity contribution in [2.24, 2.45) is 0 Å². The summed E-state index contributed by atoms with van der Waals surface area (Å²) in [5, 5.41) is 10.4. The van der Waals surface area contributed by atoms with Gasteiger partial charge in [0.2, 0.25) is 0 Å². The maximum atomic E-state index is 10.4. The van der Waals surface area contributed by atoms with Crippen molar-refractivity contribution in [3.05, 3.63) is 35.4 Å². The first kappa shape index (κ1) is 16.2. The number of aliphatic hydroxyl groups is 1. The second-order valence-electron chi connectivity index (χ2n) is 5.93. The molecule has 1 atom stereocenters. The third kappa shape index (κ3) is 4.96. The minimum absolute atomic E-state index is 0.393. The van der Waals surface area contributed by atoms with Crippen LogP contribution in [0.1, 0.15) is 64.2 Å². The Hall–Kier alpha value is -0.860. The smallest absolute Gasteiger partial charge is 0.0917 e. The average molecular weight is 263 g/mol. The number of aliphatic hydroxyl groups excluding tert-OH is 1. The second kappa shape index (κ2) is 7.66. The molecule has 1 rings (SSSR count). The van der Waals surface area contributed by atoms with Gasteiger partial charge in [-0.1, -0.05) is 45.0 Å². The van der Waals surface area contributed by atoms with E-state index in [1.807, 2.05) is 0 Å². The van der Waals surface area contributed by atoms with Crippen molar-refractivity contribution in [2.75, 3.05) is 13.1 Å². The fourth-order valence-electron chi connectivity index (χ4n) is 2.28. The topological polar surface area (TPSA) is 23.5 Å². The van der Waals surface area contributed by atoms with Crippen LogP contribution in [0.5, 0.6) is 0 Å². The number of hydrogen-bond acceptors (Lipinski definition) is 2. The quantitative estimate of drug-likeness (QED) is 0.805. The largest absolute Gasteiger partial charge is 0.387 e. The Labute approximate surface area is 118 Å². The van der Waals surface area contributed by atoms with Gasteiger partial charge in [-0.15, -0.1) is 0 Å². The van der Waals surface area contributed by atoms with E-state index in [1.165, 1.54) is 5.56 Å². The van der Waals surface area contributed by atoms with Crippen molar-refractivity contribution in [3.63, 3.8) is 0 Å². The zero-order chi connectivity index (χ0) is 14.4. The van der Waals surface area contributed by atoms with Crippen LogP contribution in [0.2, 0.25) is 0 Å². The molecule has 0 amide bonds. The first-order valence-corrected chi connectivity index (χ1v) is 7.47. The van der Waals surface area contributed by atoms with E-state index in [-0.39, 0.29) is 0 Å². The molecule has 0 aliphatic carbocycles. The number of hydrogen-bond donors (Lipinski definition) is 1. The summed E-state index contributed by atoms with van der Waals surface area (Å²) in [5.74, 6) is 0.540. The van der Waals surface area contributed by atoms with Gasteiger partial charge in [-0.25, -0.2) is 0 Å². The van der Waals surface area contributed by atoms with Gasteiger partial charge >= 0.3 is 0 Å². The molecule has 0 fully saturated rings. The van der Waals surface area contributed by atoms with Gasteiger partial charge in [-0.05, 0) is 43.9 Å². The second-order valence-corrected chi connectivity index (χ2v) is 5.93. The van der Waals surface area contributed by atoms with Crippen LogP contribution >= 0.6 is 0 Å². The molecule has 2 heteroatoms. The molecule has 19 heavy (non-hydrogen) atoms. The molecule has 0 saturated heterocycles. The van der Waals surface area contributed by atoms with Crippen LogP contribution in [0.3, 0.4) is 0 Å². The van der Waals surface area contributed by atoms with Crippen LogP contribution in [0.25, 0.3) is 0 Å². The molecule has 108 valence electrons. The highest BCUT2D eigenvalue weighted by Crippen LogP contribution is 2.20. The number of rotatable bonds is 7. The Morgan fingerprint density at radius 1 is 1.00 bits per heavy atom. The zero-order valence-corrected chi connectivity index (χ0v) is 13.1. The Bertz CT molecular complexity index is 356. The predicted octanol–water partition coefficient (Wildman–Crippen LogP) is 3.96. The summed E-state index contributed by atoms with van der Waals surface area (Å²) in [6.45, 7) is 12.7. The molecule has 1 N–H and O–H groups in total. The predicted molar refractivity (Wildman–Crippen MR) is 82.5 cm³/mol. The molecular weight excluding hydrogens is 234 g/mol. The van der Waals surface area contributed by atoms with Gasteiger partial charge < -0.3 is 5.11 Å². The van der Waals surface area contributed by atoms with Gasteiger partial charge in [0.25, 0.3) is 0 Å². The molecule has 0 aromatic heterocycles.